The Balaban J connectivity index is -0.000000320. The fourth-order valence-electron chi connectivity index (χ4n) is 0.258. The smallest absolute Gasteiger partial charge is 1.00 e. The minimum atomic E-state index is -3.26. The first-order valence-electron chi connectivity index (χ1n) is 2.69. The fourth-order valence-corrected chi connectivity index (χ4v) is 0.775. The van der Waals surface area contributed by atoms with Crippen molar-refractivity contribution in [1.29, 1.82) is 0 Å². The molecule has 0 spiro atoms. The van der Waals surface area contributed by atoms with Gasteiger partial charge in [0, 0.05) is 6.54 Å². The number of nitrogens with two attached hydrogens (primary N) is 1. The normalized spacial score (nSPS) is 10.6. The Morgan fingerprint density at radius 2 is 2.10 bits per heavy atom. The molecule has 0 aliphatic rings. The summed E-state index contributed by atoms with van der Waals surface area (Å²) in [5.41, 5.74) is 5.00. The Bertz CT molecular complexity index is 161. The molecule has 58 valence electrons. The maximum atomic E-state index is 10.5. The molecule has 2 N–H and O–H groups in total. The van der Waals surface area contributed by atoms with Crippen LogP contribution in [0.25, 0.3) is 0 Å². The summed E-state index contributed by atoms with van der Waals surface area (Å²) in [4.78, 5) is 0. The van der Waals surface area contributed by atoms with Crippen LogP contribution in [0.15, 0.2) is 0 Å². The molecule has 6 heteroatoms. The third-order valence-corrected chi connectivity index (χ3v) is 1.97. The molecule has 0 saturated carbocycles. The Morgan fingerprint density at radius 3 is 2.40 bits per heavy atom. The molecule has 4 nitrogen and oxygen atoms in total. The van der Waals surface area contributed by atoms with Crippen molar-refractivity contribution in [3.63, 3.8) is 0 Å². The quantitative estimate of drug-likeness (QED) is 0.356. The molecular formula is C4H12NNaO3S. The Labute approximate surface area is 85.0 Å². The van der Waals surface area contributed by atoms with Gasteiger partial charge in [-0.3, -0.25) is 4.18 Å². The Kier molecular flexibility index (Phi) is 8.85. The van der Waals surface area contributed by atoms with E-state index in [1.807, 2.05) is 0 Å². The maximum absolute atomic E-state index is 10.5. The molecule has 0 aromatic carbocycles. The molecule has 0 fully saturated rings. The summed E-state index contributed by atoms with van der Waals surface area (Å²) < 4.78 is 25.3. The van der Waals surface area contributed by atoms with E-state index in [0.29, 0.717) is 0 Å². The van der Waals surface area contributed by atoms with Gasteiger partial charge in [-0.25, -0.2) is 0 Å². The van der Waals surface area contributed by atoms with Gasteiger partial charge in [0.1, 0.15) is 0 Å². The predicted octanol–water partition coefficient (Wildman–Crippen LogP) is -3.57. The van der Waals surface area contributed by atoms with Crippen molar-refractivity contribution in [3.8, 4) is 0 Å². The molecule has 0 unspecified atom stereocenters. The van der Waals surface area contributed by atoms with Crippen molar-refractivity contribution < 1.29 is 43.6 Å². The first-order chi connectivity index (χ1) is 4.12. The van der Waals surface area contributed by atoms with E-state index < -0.39 is 10.1 Å². The second kappa shape index (κ2) is 6.57. The first kappa shape index (κ1) is 13.5. The average molecular weight is 177 g/mol. The van der Waals surface area contributed by atoms with Gasteiger partial charge in [-0.1, -0.05) is 0 Å². The van der Waals surface area contributed by atoms with E-state index in [0.717, 1.165) is 0 Å². The van der Waals surface area contributed by atoms with E-state index >= 15 is 0 Å². The molecule has 0 aliphatic carbocycles. The van der Waals surface area contributed by atoms with Crippen LogP contribution < -0.4 is 35.3 Å². The average Bonchev–Trinajstić information content (AvgIpc) is 1.84. The predicted molar refractivity (Wildman–Crippen MR) is 35.6 cm³/mol. The van der Waals surface area contributed by atoms with Crippen LogP contribution >= 0.6 is 0 Å². The molecule has 0 aliphatic heterocycles. The SMILES string of the molecule is CCS(=O)(=O)OCCN.[H-].[Na+]. The molecule has 0 aromatic heterocycles. The molecule has 10 heavy (non-hydrogen) atoms. The van der Waals surface area contributed by atoms with E-state index in [2.05, 4.69) is 4.18 Å². The summed E-state index contributed by atoms with van der Waals surface area (Å²) in [7, 11) is -3.26. The fraction of sp³-hybridized carbons (Fsp3) is 1.00. The zero-order valence-electron chi connectivity index (χ0n) is 7.33. The summed E-state index contributed by atoms with van der Waals surface area (Å²) in [5, 5.41) is 0. The van der Waals surface area contributed by atoms with Crippen molar-refractivity contribution in [2.45, 2.75) is 6.92 Å². The van der Waals surface area contributed by atoms with Gasteiger partial charge in [0.05, 0.1) is 12.4 Å². The van der Waals surface area contributed by atoms with Crippen molar-refractivity contribution in [2.24, 2.45) is 5.73 Å². The monoisotopic (exact) mass is 177 g/mol. The van der Waals surface area contributed by atoms with Gasteiger partial charge in [0.15, 0.2) is 0 Å². The van der Waals surface area contributed by atoms with Crippen molar-refractivity contribution in [1.82, 2.24) is 0 Å². The topological polar surface area (TPSA) is 69.4 Å². The molecule has 0 rings (SSSR count). The molecule has 0 aromatic rings. The van der Waals surface area contributed by atoms with E-state index in [4.69, 9.17) is 5.73 Å². The van der Waals surface area contributed by atoms with Crippen LogP contribution in [0, 0.1) is 0 Å². The Hall–Kier alpha value is 0.870. The van der Waals surface area contributed by atoms with Crippen LogP contribution in [0.4, 0.5) is 0 Å². The number of rotatable bonds is 4. The van der Waals surface area contributed by atoms with Crippen LogP contribution in [-0.2, 0) is 14.3 Å². The minimum absolute atomic E-state index is 0. The standard InChI is InChI=1S/C4H11NO3S.Na.H/c1-2-9(6,7)8-4-3-5;;/h2-5H2,1H3;;/q;+1;-1. The summed E-state index contributed by atoms with van der Waals surface area (Å²) in [5.74, 6) is 0.00694. The van der Waals surface area contributed by atoms with Gasteiger partial charge in [-0.2, -0.15) is 8.42 Å². The van der Waals surface area contributed by atoms with Crippen LogP contribution in [-0.4, -0.2) is 27.3 Å². The molecular weight excluding hydrogens is 165 g/mol. The summed E-state index contributed by atoms with van der Waals surface area (Å²) in [6.07, 6.45) is 0. The molecule has 0 amide bonds. The molecule has 0 saturated heterocycles. The number of hydrogen-bond acceptors (Lipinski definition) is 4. The van der Waals surface area contributed by atoms with E-state index in [9.17, 15) is 8.42 Å². The van der Waals surface area contributed by atoms with Crippen LogP contribution in [0.1, 0.15) is 8.35 Å². The van der Waals surface area contributed by atoms with Gasteiger partial charge in [0.2, 0.25) is 0 Å². The second-order valence-corrected chi connectivity index (χ2v) is 3.39. The largest absolute Gasteiger partial charge is 1.00 e. The van der Waals surface area contributed by atoms with Gasteiger partial charge in [-0.15, -0.1) is 0 Å². The number of hydrogen-bond donors (Lipinski definition) is 1. The van der Waals surface area contributed by atoms with Crippen LogP contribution in [0.3, 0.4) is 0 Å². The minimum Gasteiger partial charge on any atom is -1.00 e. The molecule has 0 heterocycles. The maximum Gasteiger partial charge on any atom is 1.00 e. The zero-order chi connectivity index (χ0) is 7.33. The first-order valence-corrected chi connectivity index (χ1v) is 4.27. The third kappa shape index (κ3) is 6.98. The van der Waals surface area contributed by atoms with E-state index in [1.54, 1.807) is 0 Å². The summed E-state index contributed by atoms with van der Waals surface area (Å²) >= 11 is 0. The Morgan fingerprint density at radius 1 is 1.60 bits per heavy atom. The summed E-state index contributed by atoms with van der Waals surface area (Å²) in [6.45, 7) is 1.83. The molecule has 0 atom stereocenters. The second-order valence-electron chi connectivity index (χ2n) is 1.46. The van der Waals surface area contributed by atoms with Gasteiger partial charge >= 0.3 is 29.6 Å². The van der Waals surface area contributed by atoms with Crippen molar-refractivity contribution in [2.75, 3.05) is 18.9 Å². The van der Waals surface area contributed by atoms with Crippen molar-refractivity contribution in [3.05, 3.63) is 0 Å². The third-order valence-electron chi connectivity index (χ3n) is 0.734. The summed E-state index contributed by atoms with van der Waals surface area (Å²) in [6, 6.07) is 0. The van der Waals surface area contributed by atoms with E-state index in [-0.39, 0.29) is 49.9 Å². The molecule has 0 radical (unpaired) electrons. The van der Waals surface area contributed by atoms with Gasteiger partial charge in [0.25, 0.3) is 10.1 Å². The van der Waals surface area contributed by atoms with Gasteiger partial charge < -0.3 is 7.16 Å². The van der Waals surface area contributed by atoms with Gasteiger partial charge in [-0.05, 0) is 6.92 Å². The zero-order valence-corrected chi connectivity index (χ0v) is 9.15. The van der Waals surface area contributed by atoms with E-state index in [1.165, 1.54) is 6.92 Å². The van der Waals surface area contributed by atoms with Crippen molar-refractivity contribution >= 4 is 10.1 Å². The molecule has 0 bridgehead atoms. The van der Waals surface area contributed by atoms with Crippen LogP contribution in [0.5, 0.6) is 0 Å². The van der Waals surface area contributed by atoms with Crippen LogP contribution in [0.2, 0.25) is 0 Å².